The van der Waals surface area contributed by atoms with Crippen LogP contribution in [0.4, 0.5) is 0 Å². The van der Waals surface area contributed by atoms with Gasteiger partial charge in [-0.15, -0.1) is 11.3 Å². The second kappa shape index (κ2) is 5.76. The molecule has 5 nitrogen and oxygen atoms in total. The lowest BCUT2D eigenvalue weighted by atomic mass is 10.0. The summed E-state index contributed by atoms with van der Waals surface area (Å²) in [6.45, 7) is 0.850. The summed E-state index contributed by atoms with van der Waals surface area (Å²) in [5, 5.41) is 0. The third-order valence-electron chi connectivity index (χ3n) is 3.36. The van der Waals surface area contributed by atoms with Crippen molar-refractivity contribution in [3.8, 4) is 5.75 Å². The highest BCUT2D eigenvalue weighted by molar-refractivity contribution is 7.91. The second-order valence-corrected chi connectivity index (χ2v) is 7.88. The van der Waals surface area contributed by atoms with E-state index in [0.29, 0.717) is 23.8 Å². The van der Waals surface area contributed by atoms with E-state index in [9.17, 15) is 8.42 Å². The van der Waals surface area contributed by atoms with Gasteiger partial charge in [0.2, 0.25) is 0 Å². The van der Waals surface area contributed by atoms with Crippen LogP contribution in [0.15, 0.2) is 40.6 Å². The second-order valence-electron chi connectivity index (χ2n) is 4.77. The molecule has 1 unspecified atom stereocenters. The van der Waals surface area contributed by atoms with E-state index < -0.39 is 10.0 Å². The minimum absolute atomic E-state index is 0.261. The van der Waals surface area contributed by atoms with Gasteiger partial charge in [-0.25, -0.2) is 13.1 Å². The van der Waals surface area contributed by atoms with Crippen LogP contribution in [0.1, 0.15) is 22.9 Å². The molecule has 112 valence electrons. The summed E-state index contributed by atoms with van der Waals surface area (Å²) in [5.41, 5.74) is 6.41. The molecule has 0 saturated carbocycles. The predicted molar refractivity (Wildman–Crippen MR) is 81.8 cm³/mol. The molecule has 0 spiro atoms. The summed E-state index contributed by atoms with van der Waals surface area (Å²) in [6.07, 6.45) is 0.616. The number of hydrogen-bond donors (Lipinski definition) is 2. The van der Waals surface area contributed by atoms with Crippen molar-refractivity contribution < 1.29 is 13.2 Å². The molecular weight excluding hydrogens is 308 g/mol. The Balaban J connectivity index is 1.86. The Labute approximate surface area is 127 Å². The highest BCUT2D eigenvalue weighted by Crippen LogP contribution is 2.33. The minimum atomic E-state index is -3.53. The van der Waals surface area contributed by atoms with Crippen molar-refractivity contribution in [1.29, 1.82) is 0 Å². The van der Waals surface area contributed by atoms with Gasteiger partial charge in [0, 0.05) is 23.4 Å². The first-order chi connectivity index (χ1) is 10.1. The standard InChI is InChI=1S/C14H16N2O3S2/c15-9-10-5-6-14(20-10)21(17,18)16-12-7-8-19-13-4-2-1-3-11(12)13/h1-6,12,16H,7-9,15H2. The summed E-state index contributed by atoms with van der Waals surface area (Å²) in [4.78, 5) is 0.850. The summed E-state index contributed by atoms with van der Waals surface area (Å²) in [5.74, 6) is 0.741. The van der Waals surface area contributed by atoms with E-state index in [1.165, 1.54) is 11.3 Å². The van der Waals surface area contributed by atoms with Gasteiger partial charge in [-0.1, -0.05) is 18.2 Å². The maximum Gasteiger partial charge on any atom is 0.250 e. The Bertz CT molecular complexity index is 740. The zero-order chi connectivity index (χ0) is 14.9. The number of benzene rings is 1. The van der Waals surface area contributed by atoms with Crippen LogP contribution < -0.4 is 15.2 Å². The highest BCUT2D eigenvalue weighted by atomic mass is 32.2. The molecule has 2 heterocycles. The fourth-order valence-electron chi connectivity index (χ4n) is 2.32. The van der Waals surface area contributed by atoms with E-state index in [2.05, 4.69) is 4.72 Å². The van der Waals surface area contributed by atoms with E-state index in [1.807, 2.05) is 24.3 Å². The monoisotopic (exact) mass is 324 g/mol. The average Bonchev–Trinajstić information content (AvgIpc) is 2.97. The van der Waals surface area contributed by atoms with E-state index in [4.69, 9.17) is 10.5 Å². The molecule has 1 atom stereocenters. The molecular formula is C14H16N2O3S2. The van der Waals surface area contributed by atoms with Crippen LogP contribution in [0, 0.1) is 0 Å². The van der Waals surface area contributed by atoms with Crippen LogP contribution in [-0.4, -0.2) is 15.0 Å². The van der Waals surface area contributed by atoms with Gasteiger partial charge in [0.25, 0.3) is 10.0 Å². The molecule has 0 fully saturated rings. The van der Waals surface area contributed by atoms with Crippen LogP contribution >= 0.6 is 11.3 Å². The zero-order valence-electron chi connectivity index (χ0n) is 11.3. The number of thiophene rings is 1. The molecule has 1 aliphatic heterocycles. The Hall–Kier alpha value is -1.41. The molecule has 0 saturated heterocycles. The highest BCUT2D eigenvalue weighted by Gasteiger charge is 2.27. The largest absolute Gasteiger partial charge is 0.493 e. The number of para-hydroxylation sites is 1. The number of ether oxygens (including phenoxy) is 1. The number of hydrogen-bond acceptors (Lipinski definition) is 5. The number of nitrogens with two attached hydrogens (primary N) is 1. The normalized spacial score (nSPS) is 18.0. The summed E-state index contributed by atoms with van der Waals surface area (Å²) in [7, 11) is -3.53. The van der Waals surface area contributed by atoms with Crippen molar-refractivity contribution in [1.82, 2.24) is 4.72 Å². The lowest BCUT2D eigenvalue weighted by Crippen LogP contribution is -2.31. The topological polar surface area (TPSA) is 81.4 Å². The molecule has 3 rings (SSSR count). The van der Waals surface area contributed by atoms with Crippen molar-refractivity contribution in [2.75, 3.05) is 6.61 Å². The van der Waals surface area contributed by atoms with Crippen LogP contribution in [0.25, 0.3) is 0 Å². The number of sulfonamides is 1. The van der Waals surface area contributed by atoms with Gasteiger partial charge in [0.15, 0.2) is 0 Å². The van der Waals surface area contributed by atoms with Crippen molar-refractivity contribution in [3.05, 3.63) is 46.8 Å². The van der Waals surface area contributed by atoms with Crippen LogP contribution in [-0.2, 0) is 16.6 Å². The molecule has 3 N–H and O–H groups in total. The third kappa shape index (κ3) is 2.96. The van der Waals surface area contributed by atoms with E-state index in [1.54, 1.807) is 12.1 Å². The van der Waals surface area contributed by atoms with Crippen LogP contribution in [0.3, 0.4) is 0 Å². The lowest BCUT2D eigenvalue weighted by Gasteiger charge is -2.26. The average molecular weight is 324 g/mol. The quantitative estimate of drug-likeness (QED) is 0.901. The van der Waals surface area contributed by atoms with E-state index in [0.717, 1.165) is 16.2 Å². The van der Waals surface area contributed by atoms with Crippen molar-refractivity contribution in [2.45, 2.75) is 23.2 Å². The molecule has 21 heavy (non-hydrogen) atoms. The molecule has 2 aromatic rings. The van der Waals surface area contributed by atoms with Crippen molar-refractivity contribution in [2.24, 2.45) is 5.73 Å². The first-order valence-corrected chi connectivity index (χ1v) is 8.93. The molecule has 1 aliphatic rings. The summed E-state index contributed by atoms with van der Waals surface area (Å²) < 4.78 is 33.5. The molecule has 0 amide bonds. The lowest BCUT2D eigenvalue weighted by molar-refractivity contribution is 0.263. The Morgan fingerprint density at radius 2 is 2.10 bits per heavy atom. The van der Waals surface area contributed by atoms with Gasteiger partial charge in [0.1, 0.15) is 9.96 Å². The van der Waals surface area contributed by atoms with Gasteiger partial charge < -0.3 is 10.5 Å². The van der Waals surface area contributed by atoms with Gasteiger partial charge >= 0.3 is 0 Å². The Kier molecular flexibility index (Phi) is 3.99. The van der Waals surface area contributed by atoms with Gasteiger partial charge in [-0.2, -0.15) is 0 Å². The summed E-state index contributed by atoms with van der Waals surface area (Å²) in [6, 6.07) is 10.6. The molecule has 0 aliphatic carbocycles. The first-order valence-electron chi connectivity index (χ1n) is 6.63. The molecule has 1 aromatic carbocycles. The molecule has 1 aromatic heterocycles. The van der Waals surface area contributed by atoms with Gasteiger partial charge in [-0.05, 0) is 18.2 Å². The number of fused-ring (bicyclic) bond motifs is 1. The number of nitrogens with one attached hydrogen (secondary N) is 1. The van der Waals surface area contributed by atoms with Crippen molar-refractivity contribution >= 4 is 21.4 Å². The minimum Gasteiger partial charge on any atom is -0.493 e. The smallest absolute Gasteiger partial charge is 0.250 e. The Morgan fingerprint density at radius 3 is 2.86 bits per heavy atom. The fourth-order valence-corrected chi connectivity index (χ4v) is 4.82. The van der Waals surface area contributed by atoms with E-state index in [-0.39, 0.29) is 6.04 Å². The SMILES string of the molecule is NCc1ccc(S(=O)(=O)NC2CCOc3ccccc32)s1. The third-order valence-corrected chi connectivity index (χ3v) is 6.43. The predicted octanol–water partition coefficient (Wildman–Crippen LogP) is 2.01. The van der Waals surface area contributed by atoms with Crippen LogP contribution in [0.5, 0.6) is 5.75 Å². The fraction of sp³-hybridized carbons (Fsp3) is 0.286. The van der Waals surface area contributed by atoms with Crippen LogP contribution in [0.2, 0.25) is 0 Å². The van der Waals surface area contributed by atoms with Gasteiger partial charge in [0.05, 0.1) is 12.6 Å². The molecule has 0 radical (unpaired) electrons. The maximum atomic E-state index is 12.5. The summed E-state index contributed by atoms with van der Waals surface area (Å²) >= 11 is 1.20. The van der Waals surface area contributed by atoms with Gasteiger partial charge in [-0.3, -0.25) is 0 Å². The zero-order valence-corrected chi connectivity index (χ0v) is 12.9. The first kappa shape index (κ1) is 14.5. The molecule has 7 heteroatoms. The van der Waals surface area contributed by atoms with E-state index >= 15 is 0 Å². The molecule has 0 bridgehead atoms. The number of rotatable bonds is 4. The Morgan fingerprint density at radius 1 is 1.29 bits per heavy atom. The maximum absolute atomic E-state index is 12.5. The van der Waals surface area contributed by atoms with Crippen molar-refractivity contribution in [3.63, 3.8) is 0 Å².